The Hall–Kier alpha value is -4.56. The Balaban J connectivity index is 1.65. The topological polar surface area (TPSA) is 100 Å². The molecule has 9 heteroatoms. The molecule has 1 unspecified atom stereocenters. The maximum atomic E-state index is 13.8. The van der Waals surface area contributed by atoms with E-state index in [1.54, 1.807) is 48.5 Å². The highest BCUT2D eigenvalue weighted by molar-refractivity contribution is 6.31. The SMILES string of the molecule is COC(=O)c1cccc(N2C(=O)C(O)=C(C(=O)c3cc4cc(Cl)ccc4o3)C2c2ccc(N(C)C)cc2)c1. The second-order valence-corrected chi connectivity index (χ2v) is 9.43. The molecule has 0 aliphatic carbocycles. The van der Waals surface area contributed by atoms with Gasteiger partial charge in [-0.1, -0.05) is 29.8 Å². The molecule has 0 saturated carbocycles. The van der Waals surface area contributed by atoms with E-state index in [-0.39, 0.29) is 16.9 Å². The van der Waals surface area contributed by atoms with Gasteiger partial charge in [0.2, 0.25) is 5.78 Å². The molecule has 5 rings (SSSR count). The number of hydrogen-bond acceptors (Lipinski definition) is 7. The first-order valence-corrected chi connectivity index (χ1v) is 12.0. The number of rotatable bonds is 6. The van der Waals surface area contributed by atoms with E-state index in [4.69, 9.17) is 20.8 Å². The number of furan rings is 1. The van der Waals surface area contributed by atoms with Crippen molar-refractivity contribution >= 4 is 51.6 Å². The summed E-state index contributed by atoms with van der Waals surface area (Å²) in [6.07, 6.45) is 0. The predicted molar refractivity (Wildman–Crippen MR) is 144 cm³/mol. The van der Waals surface area contributed by atoms with E-state index in [2.05, 4.69) is 0 Å². The molecule has 1 aliphatic heterocycles. The summed E-state index contributed by atoms with van der Waals surface area (Å²) in [7, 11) is 5.05. The normalized spacial score (nSPS) is 15.3. The summed E-state index contributed by atoms with van der Waals surface area (Å²) >= 11 is 6.08. The smallest absolute Gasteiger partial charge is 0.337 e. The average Bonchev–Trinajstić information content (AvgIpc) is 3.46. The molecule has 1 aliphatic rings. The van der Waals surface area contributed by atoms with Crippen molar-refractivity contribution in [2.45, 2.75) is 6.04 Å². The lowest BCUT2D eigenvalue weighted by Crippen LogP contribution is -2.31. The highest BCUT2D eigenvalue weighted by atomic mass is 35.5. The largest absolute Gasteiger partial charge is 0.503 e. The molecule has 4 aromatic rings. The minimum Gasteiger partial charge on any atom is -0.503 e. The van der Waals surface area contributed by atoms with Gasteiger partial charge in [-0.25, -0.2) is 4.79 Å². The zero-order chi connectivity index (χ0) is 27.1. The van der Waals surface area contributed by atoms with Crippen LogP contribution in [-0.4, -0.2) is 44.0 Å². The van der Waals surface area contributed by atoms with Crippen LogP contribution in [0.4, 0.5) is 11.4 Å². The monoisotopic (exact) mass is 530 g/mol. The minimum absolute atomic E-state index is 0.0447. The number of aliphatic hydroxyl groups excluding tert-OH is 1. The molecule has 0 spiro atoms. The third kappa shape index (κ3) is 4.29. The van der Waals surface area contributed by atoms with Gasteiger partial charge in [0.05, 0.1) is 24.3 Å². The van der Waals surface area contributed by atoms with E-state index < -0.39 is 29.5 Å². The van der Waals surface area contributed by atoms with Gasteiger partial charge < -0.3 is 19.2 Å². The van der Waals surface area contributed by atoms with Crippen molar-refractivity contribution in [3.05, 3.63) is 106 Å². The van der Waals surface area contributed by atoms with Crippen LogP contribution >= 0.6 is 11.6 Å². The summed E-state index contributed by atoms with van der Waals surface area (Å²) in [5.41, 5.74) is 2.32. The number of halogens is 1. The van der Waals surface area contributed by atoms with E-state index in [1.165, 1.54) is 24.1 Å². The molecule has 0 fully saturated rings. The molecule has 0 saturated heterocycles. The van der Waals surface area contributed by atoms with Gasteiger partial charge in [0.15, 0.2) is 11.5 Å². The van der Waals surface area contributed by atoms with Gasteiger partial charge >= 0.3 is 5.97 Å². The molecule has 1 N–H and O–H groups in total. The van der Waals surface area contributed by atoms with Gasteiger partial charge in [0.25, 0.3) is 5.91 Å². The van der Waals surface area contributed by atoms with Crippen molar-refractivity contribution < 1.29 is 28.6 Å². The van der Waals surface area contributed by atoms with Crippen LogP contribution in [0, 0.1) is 0 Å². The number of amides is 1. The third-order valence-corrected chi connectivity index (χ3v) is 6.66. The molecule has 38 heavy (non-hydrogen) atoms. The number of carbonyl (C=O) groups is 3. The average molecular weight is 531 g/mol. The molecule has 8 nitrogen and oxygen atoms in total. The fourth-order valence-corrected chi connectivity index (χ4v) is 4.71. The molecule has 192 valence electrons. The van der Waals surface area contributed by atoms with E-state index >= 15 is 0 Å². The van der Waals surface area contributed by atoms with Gasteiger partial charge in [-0.15, -0.1) is 0 Å². The number of nitrogens with zero attached hydrogens (tertiary/aromatic N) is 2. The summed E-state index contributed by atoms with van der Waals surface area (Å²) in [5.74, 6) is -2.75. The van der Waals surface area contributed by atoms with Gasteiger partial charge in [-0.3, -0.25) is 14.5 Å². The van der Waals surface area contributed by atoms with Crippen LogP contribution in [0.3, 0.4) is 0 Å². The summed E-state index contributed by atoms with van der Waals surface area (Å²) in [6, 6.07) is 19.0. The number of esters is 1. The highest BCUT2D eigenvalue weighted by Gasteiger charge is 2.45. The first-order valence-electron chi connectivity index (χ1n) is 11.7. The van der Waals surface area contributed by atoms with E-state index in [0.717, 1.165) is 5.69 Å². The molecule has 3 aromatic carbocycles. The van der Waals surface area contributed by atoms with Crippen LogP contribution in [0.5, 0.6) is 0 Å². The third-order valence-electron chi connectivity index (χ3n) is 6.43. The Labute approximate surface area is 223 Å². The number of aliphatic hydroxyl groups is 1. The number of ketones is 1. The molecule has 1 amide bonds. The van der Waals surface area contributed by atoms with E-state index in [0.29, 0.717) is 27.2 Å². The van der Waals surface area contributed by atoms with Gasteiger partial charge in [-0.2, -0.15) is 0 Å². The van der Waals surface area contributed by atoms with Crippen LogP contribution < -0.4 is 9.80 Å². The fraction of sp³-hybridized carbons (Fsp3) is 0.138. The van der Waals surface area contributed by atoms with Crippen LogP contribution in [0.15, 0.2) is 88.5 Å². The van der Waals surface area contributed by atoms with Crippen molar-refractivity contribution in [2.75, 3.05) is 31.0 Å². The minimum atomic E-state index is -0.990. The number of fused-ring (bicyclic) bond motifs is 1. The lowest BCUT2D eigenvalue weighted by molar-refractivity contribution is -0.117. The van der Waals surface area contributed by atoms with Crippen molar-refractivity contribution in [3.63, 3.8) is 0 Å². The first kappa shape index (κ1) is 25.1. The lowest BCUT2D eigenvalue weighted by Gasteiger charge is -2.27. The molecule has 0 bridgehead atoms. The maximum absolute atomic E-state index is 13.8. The Morgan fingerprint density at radius 2 is 1.76 bits per heavy atom. The predicted octanol–water partition coefficient (Wildman–Crippen LogP) is 5.72. The van der Waals surface area contributed by atoms with Crippen molar-refractivity contribution in [1.82, 2.24) is 0 Å². The van der Waals surface area contributed by atoms with Crippen LogP contribution in [0.25, 0.3) is 11.0 Å². The first-order chi connectivity index (χ1) is 18.2. The number of benzene rings is 3. The van der Waals surface area contributed by atoms with E-state index in [1.807, 2.05) is 31.1 Å². The van der Waals surface area contributed by atoms with Gasteiger partial charge in [0, 0.05) is 35.9 Å². The Morgan fingerprint density at radius 1 is 1.03 bits per heavy atom. The van der Waals surface area contributed by atoms with Crippen LogP contribution in [0.2, 0.25) is 5.02 Å². The Bertz CT molecular complexity index is 1620. The molecule has 2 heterocycles. The van der Waals surface area contributed by atoms with Gasteiger partial charge in [0.1, 0.15) is 5.58 Å². The Morgan fingerprint density at radius 3 is 2.45 bits per heavy atom. The van der Waals surface area contributed by atoms with Crippen LogP contribution in [-0.2, 0) is 9.53 Å². The number of hydrogen-bond donors (Lipinski definition) is 1. The van der Waals surface area contributed by atoms with Gasteiger partial charge in [-0.05, 0) is 60.2 Å². The number of Topliss-reactive ketones (excluding diaryl/α,β-unsaturated/α-hetero) is 1. The Kier molecular flexibility index (Phi) is 6.42. The summed E-state index contributed by atoms with van der Waals surface area (Å²) in [5, 5.41) is 12.1. The summed E-state index contributed by atoms with van der Waals surface area (Å²) in [6.45, 7) is 0. The lowest BCUT2D eigenvalue weighted by atomic mass is 9.94. The number of carbonyl (C=O) groups excluding carboxylic acids is 3. The maximum Gasteiger partial charge on any atom is 0.337 e. The molecular weight excluding hydrogens is 508 g/mol. The molecular formula is C29H23ClN2O6. The van der Waals surface area contributed by atoms with Crippen molar-refractivity contribution in [3.8, 4) is 0 Å². The second kappa shape index (κ2) is 9.72. The molecule has 0 radical (unpaired) electrons. The standard InChI is InChI=1S/C29H23ClN2O6/c1-31(2)20-10-7-16(8-11-20)25-24(26(33)23-15-18-13-19(30)9-12-22(18)38-23)27(34)28(35)32(25)21-6-4-5-17(14-21)29(36)37-3/h4-15,25,34H,1-3H3. The van der Waals surface area contributed by atoms with Crippen molar-refractivity contribution in [1.29, 1.82) is 0 Å². The summed E-state index contributed by atoms with van der Waals surface area (Å²) in [4.78, 5) is 42.7. The molecule has 1 atom stereocenters. The second-order valence-electron chi connectivity index (χ2n) is 8.99. The zero-order valence-corrected chi connectivity index (χ0v) is 21.5. The number of anilines is 2. The highest BCUT2D eigenvalue weighted by Crippen LogP contribution is 2.43. The number of methoxy groups -OCH3 is 1. The zero-order valence-electron chi connectivity index (χ0n) is 20.8. The fourth-order valence-electron chi connectivity index (χ4n) is 4.53. The number of ether oxygens (including phenoxy) is 1. The summed E-state index contributed by atoms with van der Waals surface area (Å²) < 4.78 is 10.6. The molecule has 1 aromatic heterocycles. The van der Waals surface area contributed by atoms with Crippen LogP contribution in [0.1, 0.15) is 32.5 Å². The van der Waals surface area contributed by atoms with E-state index in [9.17, 15) is 19.5 Å². The van der Waals surface area contributed by atoms with Crippen molar-refractivity contribution in [2.24, 2.45) is 0 Å². The quantitative estimate of drug-likeness (QED) is 0.251.